The van der Waals surface area contributed by atoms with E-state index in [1.807, 2.05) is 0 Å². The highest BCUT2D eigenvalue weighted by Gasteiger charge is 2.10. The SMILES string of the molecule is CCCCCCCCCCCCCCCCc1cccc(OPO)c1CCCCCCCCCCCCCCCC. The quantitative estimate of drug-likeness (QED) is 0.0668. The molecule has 3 heteroatoms. The van der Waals surface area contributed by atoms with Gasteiger partial charge in [-0.3, -0.25) is 0 Å². The minimum atomic E-state index is -0.467. The molecule has 0 radical (unpaired) electrons. The van der Waals surface area contributed by atoms with E-state index in [1.165, 1.54) is 191 Å². The van der Waals surface area contributed by atoms with Crippen molar-refractivity contribution in [3.63, 3.8) is 0 Å². The summed E-state index contributed by atoms with van der Waals surface area (Å²) in [6.07, 6.45) is 41.5. The van der Waals surface area contributed by atoms with Crippen LogP contribution in [0.1, 0.15) is 205 Å². The van der Waals surface area contributed by atoms with E-state index < -0.39 is 9.03 Å². The van der Waals surface area contributed by atoms with Gasteiger partial charge in [0.05, 0.1) is 0 Å². The van der Waals surface area contributed by atoms with Crippen molar-refractivity contribution in [2.75, 3.05) is 0 Å². The fraction of sp³-hybridized carbons (Fsp3) is 0.842. The number of hydrogen-bond acceptors (Lipinski definition) is 2. The van der Waals surface area contributed by atoms with E-state index in [1.54, 1.807) is 0 Å². The van der Waals surface area contributed by atoms with Crippen LogP contribution in [0.4, 0.5) is 0 Å². The van der Waals surface area contributed by atoms with Gasteiger partial charge in [0.25, 0.3) is 0 Å². The van der Waals surface area contributed by atoms with Crippen LogP contribution in [0.25, 0.3) is 0 Å². The van der Waals surface area contributed by atoms with E-state index >= 15 is 0 Å². The third-order valence-corrected chi connectivity index (χ3v) is 9.28. The summed E-state index contributed by atoms with van der Waals surface area (Å²) in [5.74, 6) is 0.920. The molecule has 2 nitrogen and oxygen atoms in total. The zero-order valence-corrected chi connectivity index (χ0v) is 28.8. The van der Waals surface area contributed by atoms with Crippen LogP contribution < -0.4 is 4.52 Å². The maximum Gasteiger partial charge on any atom is 0.212 e. The fourth-order valence-corrected chi connectivity index (χ4v) is 6.57. The molecule has 0 aliphatic carbocycles. The number of benzene rings is 1. The molecule has 0 heterocycles. The topological polar surface area (TPSA) is 29.5 Å². The Kier molecular flexibility index (Phi) is 28.9. The Labute approximate surface area is 259 Å². The largest absolute Gasteiger partial charge is 0.450 e. The highest BCUT2D eigenvalue weighted by molar-refractivity contribution is 7.25. The normalized spacial score (nSPS) is 11.7. The van der Waals surface area contributed by atoms with E-state index in [9.17, 15) is 4.89 Å². The molecule has 1 unspecified atom stereocenters. The monoisotopic (exact) mass is 591 g/mol. The van der Waals surface area contributed by atoms with Gasteiger partial charge in [0, 0.05) is 0 Å². The molecule has 0 saturated carbocycles. The van der Waals surface area contributed by atoms with Crippen LogP contribution in [-0.4, -0.2) is 4.89 Å². The van der Waals surface area contributed by atoms with Crippen LogP contribution in [0.3, 0.4) is 0 Å². The first-order chi connectivity index (χ1) is 20.3. The molecule has 0 bridgehead atoms. The Hall–Kier alpha value is -0.590. The van der Waals surface area contributed by atoms with E-state index in [2.05, 4.69) is 32.0 Å². The predicted molar refractivity (Wildman–Crippen MR) is 186 cm³/mol. The smallest absolute Gasteiger partial charge is 0.212 e. The number of aryl methyl sites for hydroxylation is 1. The summed E-state index contributed by atoms with van der Waals surface area (Å²) in [7, 11) is -0.467. The molecule has 1 N–H and O–H groups in total. The number of hydrogen-bond donors (Lipinski definition) is 1. The summed E-state index contributed by atoms with van der Waals surface area (Å²) in [6.45, 7) is 4.59. The third-order valence-electron chi connectivity index (χ3n) is 8.97. The first kappa shape index (κ1) is 38.4. The summed E-state index contributed by atoms with van der Waals surface area (Å²) in [5, 5.41) is 0. The van der Waals surface area contributed by atoms with E-state index in [0.29, 0.717) is 0 Å². The van der Waals surface area contributed by atoms with Crippen molar-refractivity contribution in [2.24, 2.45) is 0 Å². The summed E-state index contributed by atoms with van der Waals surface area (Å²) in [5.41, 5.74) is 2.82. The molecule has 0 spiro atoms. The van der Waals surface area contributed by atoms with Crippen LogP contribution in [0.2, 0.25) is 0 Å². The predicted octanol–water partition coefficient (Wildman–Crippen LogP) is 13.6. The Morgan fingerprint density at radius 1 is 0.463 bits per heavy atom. The molecular weight excluding hydrogens is 519 g/mol. The Morgan fingerprint density at radius 3 is 1.17 bits per heavy atom. The van der Waals surface area contributed by atoms with Gasteiger partial charge in [-0.25, -0.2) is 0 Å². The standard InChI is InChI=1S/C38H71O2P/c1-3-5-7-9-11-13-15-17-19-21-23-25-27-29-32-36-33-31-35-38(40-41-39)37(36)34-30-28-26-24-22-20-18-16-14-12-10-8-6-4-2/h31,33,35,39,41H,3-30,32,34H2,1-2H3. The van der Waals surface area contributed by atoms with Crippen molar-refractivity contribution in [3.05, 3.63) is 29.3 Å². The first-order valence-electron chi connectivity index (χ1n) is 18.5. The van der Waals surface area contributed by atoms with Crippen LogP contribution in [-0.2, 0) is 12.8 Å². The summed E-state index contributed by atoms with van der Waals surface area (Å²) in [4.78, 5) is 9.44. The fourth-order valence-electron chi connectivity index (χ4n) is 6.28. The summed E-state index contributed by atoms with van der Waals surface area (Å²) < 4.78 is 5.65. The first-order valence-corrected chi connectivity index (χ1v) is 19.4. The van der Waals surface area contributed by atoms with Gasteiger partial charge in [-0.1, -0.05) is 193 Å². The minimum absolute atomic E-state index is 0.467. The average Bonchev–Trinajstić information content (AvgIpc) is 2.98. The van der Waals surface area contributed by atoms with Gasteiger partial charge in [0.15, 0.2) is 0 Å². The van der Waals surface area contributed by atoms with E-state index in [-0.39, 0.29) is 0 Å². The lowest BCUT2D eigenvalue weighted by Crippen LogP contribution is -1.98. The minimum Gasteiger partial charge on any atom is -0.450 e. The highest BCUT2D eigenvalue weighted by atomic mass is 31.1. The van der Waals surface area contributed by atoms with E-state index in [0.717, 1.165) is 18.6 Å². The van der Waals surface area contributed by atoms with Crippen molar-refractivity contribution in [1.82, 2.24) is 0 Å². The lowest BCUT2D eigenvalue weighted by Gasteiger charge is -2.15. The maximum atomic E-state index is 9.44. The summed E-state index contributed by atoms with van der Waals surface area (Å²) >= 11 is 0. The Morgan fingerprint density at radius 2 is 0.805 bits per heavy atom. The Balaban J connectivity index is 2.11. The van der Waals surface area contributed by atoms with Gasteiger partial charge in [-0.2, -0.15) is 0 Å². The molecule has 1 aromatic rings. The van der Waals surface area contributed by atoms with Gasteiger partial charge in [-0.15, -0.1) is 0 Å². The second-order valence-electron chi connectivity index (χ2n) is 12.8. The molecular formula is C38H71O2P. The molecule has 0 saturated heterocycles. The second kappa shape index (κ2) is 30.9. The van der Waals surface area contributed by atoms with Crippen LogP contribution in [0.15, 0.2) is 18.2 Å². The Bertz CT molecular complexity index is 662. The molecule has 0 amide bonds. The van der Waals surface area contributed by atoms with E-state index in [4.69, 9.17) is 4.52 Å². The van der Waals surface area contributed by atoms with Gasteiger partial charge in [0.2, 0.25) is 9.03 Å². The van der Waals surface area contributed by atoms with Crippen molar-refractivity contribution in [3.8, 4) is 5.75 Å². The molecule has 0 aliphatic rings. The maximum absolute atomic E-state index is 9.44. The molecule has 1 rings (SSSR count). The van der Waals surface area contributed by atoms with Gasteiger partial charge < -0.3 is 9.42 Å². The number of rotatable bonds is 32. The molecule has 0 fully saturated rings. The second-order valence-corrected chi connectivity index (χ2v) is 13.2. The van der Waals surface area contributed by atoms with Crippen LogP contribution in [0, 0.1) is 0 Å². The third kappa shape index (κ3) is 23.5. The molecule has 0 aliphatic heterocycles. The zero-order valence-electron chi connectivity index (χ0n) is 27.8. The summed E-state index contributed by atoms with van der Waals surface area (Å²) in [6, 6.07) is 6.47. The lowest BCUT2D eigenvalue weighted by molar-refractivity contribution is 0.505. The molecule has 1 aromatic carbocycles. The van der Waals surface area contributed by atoms with Crippen molar-refractivity contribution in [1.29, 1.82) is 0 Å². The molecule has 1 atom stereocenters. The average molecular weight is 591 g/mol. The van der Waals surface area contributed by atoms with Gasteiger partial charge in [-0.05, 0) is 42.9 Å². The molecule has 41 heavy (non-hydrogen) atoms. The zero-order chi connectivity index (χ0) is 29.5. The van der Waals surface area contributed by atoms with Gasteiger partial charge >= 0.3 is 0 Å². The molecule has 0 aromatic heterocycles. The highest BCUT2D eigenvalue weighted by Crippen LogP contribution is 2.30. The van der Waals surface area contributed by atoms with Crippen molar-refractivity contribution >= 4 is 9.03 Å². The van der Waals surface area contributed by atoms with Crippen LogP contribution in [0.5, 0.6) is 5.75 Å². The number of unbranched alkanes of at least 4 members (excludes halogenated alkanes) is 26. The lowest BCUT2D eigenvalue weighted by atomic mass is 9.95. The van der Waals surface area contributed by atoms with Crippen molar-refractivity contribution in [2.45, 2.75) is 206 Å². The van der Waals surface area contributed by atoms with Crippen LogP contribution >= 0.6 is 9.03 Å². The van der Waals surface area contributed by atoms with Gasteiger partial charge in [0.1, 0.15) is 5.75 Å². The van der Waals surface area contributed by atoms with Crippen molar-refractivity contribution < 1.29 is 9.42 Å². The molecule has 240 valence electrons.